The number of aliphatic hydroxyl groups is 1. The number of aliphatic hydroxyl groups excluding tert-OH is 1. The molecule has 1 unspecified atom stereocenters. The fraction of sp³-hybridized carbons (Fsp3) is 0.208. The first kappa shape index (κ1) is 31.0. The van der Waals surface area contributed by atoms with Crippen LogP contribution in [0.15, 0.2) is 41.0 Å². The molecule has 13 nitrogen and oxygen atoms in total. The molecular weight excluding hydrogens is 633 g/mol. The van der Waals surface area contributed by atoms with E-state index in [9.17, 15) is 29.0 Å². The minimum absolute atomic E-state index is 0.0793. The number of carboxylic acid groups (broad SMARTS) is 2. The van der Waals surface area contributed by atoms with E-state index in [-0.39, 0.29) is 33.0 Å². The lowest BCUT2D eigenvalue weighted by Gasteiger charge is -2.16. The van der Waals surface area contributed by atoms with Crippen molar-refractivity contribution in [1.82, 2.24) is 19.7 Å². The predicted octanol–water partition coefficient (Wildman–Crippen LogP) is 4.22. The van der Waals surface area contributed by atoms with E-state index < -0.39 is 35.3 Å². The average molecular weight is 654 g/mol. The molecular formula is C24H21ClFN7O6S3. The topological polar surface area (TPSA) is 192 Å². The molecule has 0 fully saturated rings. The third-order valence-corrected chi connectivity index (χ3v) is 8.28. The molecule has 1 atom stereocenters. The van der Waals surface area contributed by atoms with E-state index in [1.807, 2.05) is 0 Å². The summed E-state index contributed by atoms with van der Waals surface area (Å²) in [6.07, 6.45) is 0.710. The standard InChI is InChI=1S/C24H21ClFN7O6S3/c25-13-5-11(1-2-14(13)26)30-21-12-6-17(16(27-3-4-34)7-15(12)28-10-29-21)31-19(35)9-33-24(40)42-23(32-33)41-18(22(38)39)8-20(36)37/h1-2,5-7,10,18,27,34H,3-4,8-9H2,(H,31,35)(H,36,37)(H,38,39)(H,28,29,30). The highest BCUT2D eigenvalue weighted by Crippen LogP contribution is 2.33. The van der Waals surface area contributed by atoms with Gasteiger partial charge in [0.1, 0.15) is 29.8 Å². The second-order valence-electron chi connectivity index (χ2n) is 8.42. The van der Waals surface area contributed by atoms with Crippen molar-refractivity contribution in [3.63, 3.8) is 0 Å². The number of thioether (sulfide) groups is 1. The van der Waals surface area contributed by atoms with Gasteiger partial charge in [0, 0.05) is 17.6 Å². The molecule has 2 aromatic carbocycles. The van der Waals surface area contributed by atoms with Crippen molar-refractivity contribution in [2.24, 2.45) is 0 Å². The Bertz CT molecular complexity index is 1720. The molecule has 4 rings (SSSR count). The molecule has 0 aliphatic carbocycles. The number of carbonyl (C=O) groups is 3. The Morgan fingerprint density at radius 3 is 2.64 bits per heavy atom. The fourth-order valence-corrected chi connectivity index (χ4v) is 6.25. The van der Waals surface area contributed by atoms with Gasteiger partial charge in [-0.3, -0.25) is 14.4 Å². The summed E-state index contributed by atoms with van der Waals surface area (Å²) in [6, 6.07) is 7.36. The molecule has 220 valence electrons. The summed E-state index contributed by atoms with van der Waals surface area (Å²) in [5.41, 5.74) is 1.74. The number of halogens is 2. The Hall–Kier alpha value is -3.90. The minimum atomic E-state index is -1.31. The monoisotopic (exact) mass is 653 g/mol. The van der Waals surface area contributed by atoms with Crippen LogP contribution < -0.4 is 16.0 Å². The van der Waals surface area contributed by atoms with Crippen LogP contribution in [-0.2, 0) is 20.9 Å². The molecule has 0 saturated carbocycles. The van der Waals surface area contributed by atoms with Crippen LogP contribution in [0.3, 0.4) is 0 Å². The molecule has 1 amide bonds. The Balaban J connectivity index is 1.59. The van der Waals surface area contributed by atoms with E-state index in [0.717, 1.165) is 23.1 Å². The number of carbonyl (C=O) groups excluding carboxylic acids is 1. The van der Waals surface area contributed by atoms with Crippen LogP contribution in [0.1, 0.15) is 6.42 Å². The van der Waals surface area contributed by atoms with E-state index >= 15 is 0 Å². The third kappa shape index (κ3) is 7.89. The number of carboxylic acids is 2. The Kier molecular flexibility index (Phi) is 10.2. The number of nitrogens with one attached hydrogen (secondary N) is 3. The summed E-state index contributed by atoms with van der Waals surface area (Å²) in [4.78, 5) is 44.0. The fourth-order valence-electron chi connectivity index (χ4n) is 3.57. The molecule has 0 spiro atoms. The molecule has 6 N–H and O–H groups in total. The molecule has 0 radical (unpaired) electrons. The molecule has 0 aliphatic rings. The highest BCUT2D eigenvalue weighted by atomic mass is 35.5. The number of hydrogen-bond acceptors (Lipinski definition) is 12. The van der Waals surface area contributed by atoms with Gasteiger partial charge in [-0.25, -0.2) is 19.0 Å². The van der Waals surface area contributed by atoms with Crippen LogP contribution in [-0.4, -0.2) is 71.3 Å². The SMILES string of the molecule is O=C(O)CC(Sc1nn(CC(=O)Nc2cc3c(Nc4ccc(F)c(Cl)c4)ncnc3cc2NCCO)c(=S)s1)C(=O)O. The summed E-state index contributed by atoms with van der Waals surface area (Å²) in [6.45, 7) is -0.326. The quantitative estimate of drug-likeness (QED) is 0.0889. The second-order valence-corrected chi connectivity index (χ2v) is 11.9. The van der Waals surface area contributed by atoms with Crippen molar-refractivity contribution in [1.29, 1.82) is 0 Å². The maximum absolute atomic E-state index is 13.6. The van der Waals surface area contributed by atoms with Gasteiger partial charge in [0.15, 0.2) is 8.29 Å². The average Bonchev–Trinajstić information content (AvgIpc) is 3.27. The van der Waals surface area contributed by atoms with Gasteiger partial charge in [0.05, 0.1) is 34.9 Å². The maximum atomic E-state index is 13.6. The van der Waals surface area contributed by atoms with E-state index in [0.29, 0.717) is 33.8 Å². The zero-order chi connectivity index (χ0) is 30.4. The lowest BCUT2D eigenvalue weighted by Crippen LogP contribution is -2.21. The van der Waals surface area contributed by atoms with Crippen molar-refractivity contribution >= 4 is 98.5 Å². The zero-order valence-corrected chi connectivity index (χ0v) is 24.4. The number of anilines is 4. The van der Waals surface area contributed by atoms with Gasteiger partial charge in [-0.1, -0.05) is 34.7 Å². The maximum Gasteiger partial charge on any atom is 0.317 e. The zero-order valence-electron chi connectivity index (χ0n) is 21.2. The lowest BCUT2D eigenvalue weighted by molar-refractivity contribution is -0.142. The van der Waals surface area contributed by atoms with Gasteiger partial charge >= 0.3 is 11.9 Å². The first-order valence-corrected chi connectivity index (χ1v) is 14.4. The van der Waals surface area contributed by atoms with E-state index in [1.54, 1.807) is 12.1 Å². The number of aromatic nitrogens is 4. The van der Waals surface area contributed by atoms with E-state index in [4.69, 9.17) is 28.9 Å². The number of aliphatic carboxylic acids is 2. The van der Waals surface area contributed by atoms with Gasteiger partial charge in [-0.05, 0) is 42.5 Å². The molecule has 2 heterocycles. The van der Waals surface area contributed by atoms with Crippen LogP contribution in [0.4, 0.5) is 27.3 Å². The molecule has 42 heavy (non-hydrogen) atoms. The Labute approximate surface area is 254 Å². The van der Waals surface area contributed by atoms with Gasteiger partial charge in [-0.15, -0.1) is 0 Å². The molecule has 18 heteroatoms. The van der Waals surface area contributed by atoms with Crippen LogP contribution in [0.25, 0.3) is 10.9 Å². The number of amides is 1. The van der Waals surface area contributed by atoms with E-state index in [1.165, 1.54) is 29.2 Å². The second kappa shape index (κ2) is 13.8. The predicted molar refractivity (Wildman–Crippen MR) is 159 cm³/mol. The number of benzene rings is 2. The lowest BCUT2D eigenvalue weighted by atomic mass is 10.1. The summed E-state index contributed by atoms with van der Waals surface area (Å²) >= 11 is 12.9. The van der Waals surface area contributed by atoms with Crippen molar-refractivity contribution in [2.45, 2.75) is 22.6 Å². The smallest absolute Gasteiger partial charge is 0.317 e. The molecule has 0 bridgehead atoms. The Morgan fingerprint density at radius 2 is 1.95 bits per heavy atom. The summed E-state index contributed by atoms with van der Waals surface area (Å²) in [7, 11) is 0. The van der Waals surface area contributed by atoms with E-state index in [2.05, 4.69) is 31.0 Å². The van der Waals surface area contributed by atoms with Crippen LogP contribution >= 0.6 is 46.9 Å². The van der Waals surface area contributed by atoms with Crippen molar-refractivity contribution < 1.29 is 34.1 Å². The normalized spacial score (nSPS) is 11.7. The van der Waals surface area contributed by atoms with Crippen LogP contribution in [0.2, 0.25) is 5.02 Å². The summed E-state index contributed by atoms with van der Waals surface area (Å²) in [5.74, 6) is -3.34. The Morgan fingerprint density at radius 1 is 1.17 bits per heavy atom. The molecule has 2 aromatic heterocycles. The van der Waals surface area contributed by atoms with Gasteiger partial charge in [0.2, 0.25) is 5.91 Å². The summed E-state index contributed by atoms with van der Waals surface area (Å²) in [5, 5.41) is 39.8. The van der Waals surface area contributed by atoms with Crippen LogP contribution in [0, 0.1) is 9.77 Å². The van der Waals surface area contributed by atoms with Gasteiger partial charge in [-0.2, -0.15) is 5.10 Å². The highest BCUT2D eigenvalue weighted by molar-refractivity contribution is 8.02. The van der Waals surface area contributed by atoms with Crippen molar-refractivity contribution in [3.8, 4) is 0 Å². The van der Waals surface area contributed by atoms with Crippen molar-refractivity contribution in [2.75, 3.05) is 29.1 Å². The molecule has 0 aliphatic heterocycles. The third-order valence-electron chi connectivity index (χ3n) is 5.42. The first-order valence-electron chi connectivity index (χ1n) is 11.9. The van der Waals surface area contributed by atoms with Gasteiger partial charge < -0.3 is 31.3 Å². The number of nitrogens with zero attached hydrogens (tertiary/aromatic N) is 4. The van der Waals surface area contributed by atoms with Crippen molar-refractivity contribution in [3.05, 3.63) is 51.5 Å². The molecule has 0 saturated heterocycles. The highest BCUT2D eigenvalue weighted by Gasteiger charge is 2.24. The number of hydrogen-bond donors (Lipinski definition) is 6. The largest absolute Gasteiger partial charge is 0.481 e. The van der Waals surface area contributed by atoms with Gasteiger partial charge in [0.25, 0.3) is 0 Å². The summed E-state index contributed by atoms with van der Waals surface area (Å²) < 4.78 is 15.2. The number of fused-ring (bicyclic) bond motifs is 1. The molecule has 4 aromatic rings. The minimum Gasteiger partial charge on any atom is -0.481 e. The number of rotatable bonds is 13. The first-order chi connectivity index (χ1) is 20.0. The van der Waals surface area contributed by atoms with Crippen LogP contribution in [0.5, 0.6) is 0 Å².